The van der Waals surface area contributed by atoms with Crippen LogP contribution in [0.4, 0.5) is 11.5 Å². The first-order valence-corrected chi connectivity index (χ1v) is 5.34. The van der Waals surface area contributed by atoms with Gasteiger partial charge in [-0.15, -0.1) is 0 Å². The average molecular weight is 222 g/mol. The number of carbonyl (C=O) groups is 1. The predicted octanol–water partition coefficient (Wildman–Crippen LogP) is 1.19. The molecule has 5 nitrogen and oxygen atoms in total. The topological polar surface area (TPSA) is 80.0 Å². The van der Waals surface area contributed by atoms with Gasteiger partial charge in [0.1, 0.15) is 5.82 Å². The molecule has 0 spiro atoms. The van der Waals surface area contributed by atoms with Gasteiger partial charge in [-0.05, 0) is 26.0 Å². The molecular formula is C11H18N4O. The number of pyridine rings is 1. The molecule has 0 atom stereocenters. The number of nitrogens with one attached hydrogen (secondary N) is 2. The summed E-state index contributed by atoms with van der Waals surface area (Å²) >= 11 is 0. The fraction of sp³-hybridized carbons (Fsp3) is 0.455. The second-order valence-corrected chi connectivity index (χ2v) is 3.82. The number of nitrogens with two attached hydrogens (primary N) is 1. The van der Waals surface area contributed by atoms with Crippen molar-refractivity contribution in [2.24, 2.45) is 5.73 Å². The number of aromatic nitrogens is 1. The van der Waals surface area contributed by atoms with Crippen LogP contribution >= 0.6 is 0 Å². The SMILES string of the molecule is CC(C)Nc1ccc(NC(=O)CCN)cn1. The summed E-state index contributed by atoms with van der Waals surface area (Å²) in [4.78, 5) is 15.4. The Balaban J connectivity index is 2.54. The van der Waals surface area contributed by atoms with Crippen LogP contribution in [-0.4, -0.2) is 23.5 Å². The molecule has 1 amide bonds. The highest BCUT2D eigenvalue weighted by atomic mass is 16.1. The molecule has 5 heteroatoms. The molecule has 0 aromatic carbocycles. The van der Waals surface area contributed by atoms with Crippen molar-refractivity contribution in [3.8, 4) is 0 Å². The van der Waals surface area contributed by atoms with Gasteiger partial charge in [-0.3, -0.25) is 4.79 Å². The van der Waals surface area contributed by atoms with E-state index in [1.165, 1.54) is 0 Å². The van der Waals surface area contributed by atoms with E-state index in [2.05, 4.69) is 15.6 Å². The van der Waals surface area contributed by atoms with E-state index >= 15 is 0 Å². The Hall–Kier alpha value is -1.62. The lowest BCUT2D eigenvalue weighted by atomic mass is 10.3. The highest BCUT2D eigenvalue weighted by Gasteiger charge is 2.01. The summed E-state index contributed by atoms with van der Waals surface area (Å²) < 4.78 is 0. The zero-order valence-corrected chi connectivity index (χ0v) is 9.66. The minimum Gasteiger partial charge on any atom is -0.368 e. The van der Waals surface area contributed by atoms with Gasteiger partial charge in [-0.2, -0.15) is 0 Å². The van der Waals surface area contributed by atoms with Crippen molar-refractivity contribution < 1.29 is 4.79 Å². The van der Waals surface area contributed by atoms with Gasteiger partial charge >= 0.3 is 0 Å². The fourth-order valence-corrected chi connectivity index (χ4v) is 1.20. The molecule has 88 valence electrons. The van der Waals surface area contributed by atoms with Gasteiger partial charge in [0, 0.05) is 19.0 Å². The van der Waals surface area contributed by atoms with Crippen molar-refractivity contribution in [2.75, 3.05) is 17.2 Å². The maximum Gasteiger partial charge on any atom is 0.225 e. The Labute approximate surface area is 95.4 Å². The molecule has 16 heavy (non-hydrogen) atoms. The summed E-state index contributed by atoms with van der Waals surface area (Å²) in [5.74, 6) is 0.709. The van der Waals surface area contributed by atoms with Gasteiger partial charge in [0.2, 0.25) is 5.91 Å². The van der Waals surface area contributed by atoms with Gasteiger partial charge < -0.3 is 16.4 Å². The van der Waals surface area contributed by atoms with Crippen molar-refractivity contribution in [2.45, 2.75) is 26.3 Å². The highest BCUT2D eigenvalue weighted by Crippen LogP contribution is 2.10. The van der Waals surface area contributed by atoms with E-state index in [4.69, 9.17) is 5.73 Å². The van der Waals surface area contributed by atoms with E-state index in [-0.39, 0.29) is 5.91 Å². The van der Waals surface area contributed by atoms with Crippen LogP contribution in [0.5, 0.6) is 0 Å². The Morgan fingerprint density at radius 1 is 1.50 bits per heavy atom. The van der Waals surface area contributed by atoms with Gasteiger partial charge in [0.05, 0.1) is 11.9 Å². The molecule has 0 aliphatic heterocycles. The molecule has 0 saturated heterocycles. The van der Waals surface area contributed by atoms with Crippen LogP contribution in [0.15, 0.2) is 18.3 Å². The van der Waals surface area contributed by atoms with E-state index in [0.717, 1.165) is 5.82 Å². The van der Waals surface area contributed by atoms with Crippen molar-refractivity contribution in [3.05, 3.63) is 18.3 Å². The number of rotatable bonds is 5. The highest BCUT2D eigenvalue weighted by molar-refractivity contribution is 5.90. The van der Waals surface area contributed by atoms with E-state index in [9.17, 15) is 4.79 Å². The first kappa shape index (κ1) is 12.4. The third kappa shape index (κ3) is 4.27. The summed E-state index contributed by atoms with van der Waals surface area (Å²) in [7, 11) is 0. The standard InChI is InChI=1S/C11H18N4O/c1-8(2)14-10-4-3-9(7-13-10)15-11(16)5-6-12/h3-4,7-8H,5-6,12H2,1-2H3,(H,13,14)(H,15,16). The van der Waals surface area contributed by atoms with Crippen molar-refractivity contribution >= 4 is 17.4 Å². The van der Waals surface area contributed by atoms with E-state index in [1.54, 1.807) is 6.20 Å². The summed E-state index contributed by atoms with van der Waals surface area (Å²) in [6.07, 6.45) is 1.95. The number of anilines is 2. The molecule has 0 radical (unpaired) electrons. The lowest BCUT2D eigenvalue weighted by molar-refractivity contribution is -0.116. The zero-order valence-electron chi connectivity index (χ0n) is 9.66. The molecule has 0 saturated carbocycles. The summed E-state index contributed by atoms with van der Waals surface area (Å²) in [5.41, 5.74) is 5.96. The normalized spacial score (nSPS) is 10.2. The number of carbonyl (C=O) groups excluding carboxylic acids is 1. The minimum atomic E-state index is -0.0890. The molecule has 1 aromatic rings. The summed E-state index contributed by atoms with van der Waals surface area (Å²) in [6, 6.07) is 3.98. The van der Waals surface area contributed by atoms with Crippen LogP contribution in [0.3, 0.4) is 0 Å². The van der Waals surface area contributed by atoms with Crippen LogP contribution in [0, 0.1) is 0 Å². The Kier molecular flexibility index (Phi) is 4.72. The smallest absolute Gasteiger partial charge is 0.225 e. The van der Waals surface area contributed by atoms with Crippen LogP contribution < -0.4 is 16.4 Å². The maximum atomic E-state index is 11.2. The van der Waals surface area contributed by atoms with Crippen molar-refractivity contribution in [3.63, 3.8) is 0 Å². The van der Waals surface area contributed by atoms with Gasteiger partial charge in [-0.25, -0.2) is 4.98 Å². The Morgan fingerprint density at radius 2 is 2.25 bits per heavy atom. The molecule has 0 fully saturated rings. The van der Waals surface area contributed by atoms with Crippen LogP contribution in [0.2, 0.25) is 0 Å². The first-order chi connectivity index (χ1) is 7.61. The van der Waals surface area contributed by atoms with Gasteiger partial charge in [-0.1, -0.05) is 0 Å². The lowest BCUT2D eigenvalue weighted by Gasteiger charge is -2.09. The summed E-state index contributed by atoms with van der Waals surface area (Å²) in [6.45, 7) is 4.43. The Morgan fingerprint density at radius 3 is 2.75 bits per heavy atom. The first-order valence-electron chi connectivity index (χ1n) is 5.34. The number of nitrogens with zero attached hydrogens (tertiary/aromatic N) is 1. The average Bonchev–Trinajstić information content (AvgIpc) is 2.20. The summed E-state index contributed by atoms with van der Waals surface area (Å²) in [5, 5.41) is 5.88. The van der Waals surface area contributed by atoms with Gasteiger partial charge in [0.15, 0.2) is 0 Å². The van der Waals surface area contributed by atoms with E-state index in [0.29, 0.717) is 24.7 Å². The van der Waals surface area contributed by atoms with Crippen LogP contribution in [-0.2, 0) is 4.79 Å². The van der Waals surface area contributed by atoms with Crippen molar-refractivity contribution in [1.82, 2.24) is 4.98 Å². The third-order valence-corrected chi connectivity index (χ3v) is 1.86. The quantitative estimate of drug-likeness (QED) is 0.699. The largest absolute Gasteiger partial charge is 0.368 e. The third-order valence-electron chi connectivity index (χ3n) is 1.86. The van der Waals surface area contributed by atoms with Crippen molar-refractivity contribution in [1.29, 1.82) is 0 Å². The monoisotopic (exact) mass is 222 g/mol. The zero-order chi connectivity index (χ0) is 12.0. The number of amides is 1. The van der Waals surface area contributed by atoms with Crippen LogP contribution in [0.1, 0.15) is 20.3 Å². The second-order valence-electron chi connectivity index (χ2n) is 3.82. The van der Waals surface area contributed by atoms with Crippen LogP contribution in [0.25, 0.3) is 0 Å². The molecule has 0 aliphatic carbocycles. The number of hydrogen-bond donors (Lipinski definition) is 3. The fourth-order valence-electron chi connectivity index (χ4n) is 1.20. The molecule has 4 N–H and O–H groups in total. The molecular weight excluding hydrogens is 204 g/mol. The Bertz CT molecular complexity index is 334. The lowest BCUT2D eigenvalue weighted by Crippen LogP contribution is -2.16. The van der Waals surface area contributed by atoms with E-state index < -0.39 is 0 Å². The molecule has 1 rings (SSSR count). The van der Waals surface area contributed by atoms with E-state index in [1.807, 2.05) is 26.0 Å². The minimum absolute atomic E-state index is 0.0890. The molecule has 0 unspecified atom stereocenters. The molecule has 0 aliphatic rings. The molecule has 0 bridgehead atoms. The number of hydrogen-bond acceptors (Lipinski definition) is 4. The van der Waals surface area contributed by atoms with Gasteiger partial charge in [0.25, 0.3) is 0 Å². The molecule has 1 aromatic heterocycles. The maximum absolute atomic E-state index is 11.2. The molecule has 1 heterocycles. The predicted molar refractivity (Wildman–Crippen MR) is 65.3 cm³/mol. The second kappa shape index (κ2) is 6.07.